The maximum atomic E-state index is 12.1. The van der Waals surface area contributed by atoms with Crippen LogP contribution in [0.1, 0.15) is 36.1 Å². The van der Waals surface area contributed by atoms with Crippen molar-refractivity contribution in [2.75, 3.05) is 32.7 Å². The molecule has 1 saturated heterocycles. The summed E-state index contributed by atoms with van der Waals surface area (Å²) >= 11 is 1.87. The third-order valence-electron chi connectivity index (χ3n) is 5.53. The van der Waals surface area contributed by atoms with Crippen molar-refractivity contribution < 1.29 is 4.79 Å². The van der Waals surface area contributed by atoms with Crippen LogP contribution in [0.25, 0.3) is 0 Å². The summed E-state index contributed by atoms with van der Waals surface area (Å²) in [6.45, 7) is 6.09. The molecule has 6 heteroatoms. The van der Waals surface area contributed by atoms with Gasteiger partial charge in [0.05, 0.1) is 0 Å². The molecule has 2 amide bonds. The second kappa shape index (κ2) is 7.42. The summed E-state index contributed by atoms with van der Waals surface area (Å²) in [4.78, 5) is 18.6. The average Bonchev–Trinajstić information content (AvgIpc) is 3.33. The van der Waals surface area contributed by atoms with Crippen molar-refractivity contribution in [2.24, 2.45) is 0 Å². The lowest BCUT2D eigenvalue weighted by Gasteiger charge is -2.32. The number of hydrogen-bond donors (Lipinski definition) is 2. The molecule has 1 aliphatic carbocycles. The molecule has 0 spiro atoms. The number of thiophene rings is 1. The molecule has 2 fully saturated rings. The molecule has 1 aromatic rings. The normalized spacial score (nSPS) is 23.0. The van der Waals surface area contributed by atoms with E-state index in [4.69, 9.17) is 0 Å². The predicted molar refractivity (Wildman–Crippen MR) is 97.5 cm³/mol. The first kappa shape index (κ1) is 16.4. The van der Waals surface area contributed by atoms with Gasteiger partial charge in [0.25, 0.3) is 0 Å². The van der Waals surface area contributed by atoms with Crippen molar-refractivity contribution in [3.63, 3.8) is 0 Å². The monoisotopic (exact) mass is 348 g/mol. The number of piperidine rings is 1. The highest BCUT2D eigenvalue weighted by atomic mass is 32.1. The van der Waals surface area contributed by atoms with Crippen LogP contribution in [0.15, 0.2) is 11.4 Å². The van der Waals surface area contributed by atoms with Gasteiger partial charge in [0.15, 0.2) is 0 Å². The van der Waals surface area contributed by atoms with Crippen molar-refractivity contribution in [2.45, 2.75) is 50.7 Å². The van der Waals surface area contributed by atoms with Gasteiger partial charge >= 0.3 is 6.03 Å². The van der Waals surface area contributed by atoms with Crippen LogP contribution in [-0.4, -0.2) is 60.6 Å². The van der Waals surface area contributed by atoms with Gasteiger partial charge in [-0.3, -0.25) is 4.90 Å². The molecule has 0 aromatic carbocycles. The van der Waals surface area contributed by atoms with E-state index in [0.717, 1.165) is 64.6 Å². The number of amides is 2. The van der Waals surface area contributed by atoms with E-state index in [-0.39, 0.29) is 6.03 Å². The Bertz CT molecular complexity index is 563. The number of fused-ring (bicyclic) bond motifs is 1. The van der Waals surface area contributed by atoms with Gasteiger partial charge in [-0.2, -0.15) is 0 Å². The Morgan fingerprint density at radius 3 is 2.83 bits per heavy atom. The summed E-state index contributed by atoms with van der Waals surface area (Å²) in [5.41, 5.74) is 1.47. The number of nitrogens with one attached hydrogen (secondary N) is 2. The van der Waals surface area contributed by atoms with E-state index in [0.29, 0.717) is 6.04 Å². The van der Waals surface area contributed by atoms with E-state index < -0.39 is 0 Å². The molecule has 1 saturated carbocycles. The minimum absolute atomic E-state index is 0.00750. The van der Waals surface area contributed by atoms with E-state index in [1.807, 2.05) is 11.3 Å². The van der Waals surface area contributed by atoms with E-state index in [9.17, 15) is 4.79 Å². The molecular weight excluding hydrogens is 320 g/mol. The second-order valence-electron chi connectivity index (χ2n) is 7.34. The zero-order chi connectivity index (χ0) is 16.4. The third kappa shape index (κ3) is 4.10. The third-order valence-corrected chi connectivity index (χ3v) is 6.55. The molecule has 0 radical (unpaired) electrons. The molecule has 1 aromatic heterocycles. The topological polar surface area (TPSA) is 47.6 Å². The first-order valence-electron chi connectivity index (χ1n) is 9.34. The largest absolute Gasteiger partial charge is 0.337 e. The van der Waals surface area contributed by atoms with Crippen LogP contribution in [0.2, 0.25) is 0 Å². The van der Waals surface area contributed by atoms with Crippen molar-refractivity contribution in [1.29, 1.82) is 0 Å². The smallest absolute Gasteiger partial charge is 0.315 e. The fourth-order valence-electron chi connectivity index (χ4n) is 3.91. The van der Waals surface area contributed by atoms with Gasteiger partial charge < -0.3 is 15.5 Å². The lowest BCUT2D eigenvalue weighted by atomic mass is 10.1. The number of nitrogens with zero attached hydrogens (tertiary/aromatic N) is 2. The molecule has 0 unspecified atom stereocenters. The van der Waals surface area contributed by atoms with Crippen LogP contribution in [0.3, 0.4) is 0 Å². The van der Waals surface area contributed by atoms with Crippen molar-refractivity contribution >= 4 is 17.4 Å². The fourth-order valence-corrected chi connectivity index (χ4v) is 4.80. The Balaban J connectivity index is 1.12. The zero-order valence-corrected chi connectivity index (χ0v) is 15.1. The first-order chi connectivity index (χ1) is 11.8. The van der Waals surface area contributed by atoms with Crippen LogP contribution >= 0.6 is 11.3 Å². The minimum atomic E-state index is 0.00750. The number of carbonyl (C=O) groups is 1. The molecule has 132 valence electrons. The van der Waals surface area contributed by atoms with Crippen LogP contribution in [0.4, 0.5) is 4.79 Å². The molecule has 3 aliphatic rings. The standard InChI is InChI=1S/C18H28N4OS/c23-18(20-15-3-9-22(10-4-15)16-1-2-16)19-7-11-21-8-5-17-14(13-21)6-12-24-17/h6,12,15-16H,1-5,7-11,13H2,(H2,19,20,23). The van der Waals surface area contributed by atoms with Gasteiger partial charge in [-0.05, 0) is 49.1 Å². The van der Waals surface area contributed by atoms with Crippen LogP contribution in [-0.2, 0) is 13.0 Å². The summed E-state index contributed by atoms with van der Waals surface area (Å²) in [7, 11) is 0. The highest BCUT2D eigenvalue weighted by Crippen LogP contribution is 2.29. The van der Waals surface area contributed by atoms with E-state index in [2.05, 4.69) is 31.9 Å². The van der Waals surface area contributed by atoms with Gasteiger partial charge in [-0.15, -0.1) is 11.3 Å². The van der Waals surface area contributed by atoms with Gasteiger partial charge in [-0.25, -0.2) is 4.79 Å². The Morgan fingerprint density at radius 1 is 1.21 bits per heavy atom. The van der Waals surface area contributed by atoms with Gasteiger partial charge in [0, 0.05) is 56.2 Å². The maximum absolute atomic E-state index is 12.1. The molecule has 2 N–H and O–H groups in total. The number of likely N-dealkylation sites (tertiary alicyclic amines) is 1. The predicted octanol–water partition coefficient (Wildman–Crippen LogP) is 2.03. The zero-order valence-electron chi connectivity index (χ0n) is 14.3. The average molecular weight is 349 g/mol. The molecule has 2 aliphatic heterocycles. The molecular formula is C18H28N4OS. The van der Waals surface area contributed by atoms with E-state index in [1.54, 1.807) is 0 Å². The molecule has 0 atom stereocenters. The highest BCUT2D eigenvalue weighted by Gasteiger charge is 2.32. The maximum Gasteiger partial charge on any atom is 0.315 e. The Hall–Kier alpha value is -1.11. The van der Waals surface area contributed by atoms with Crippen molar-refractivity contribution in [3.8, 4) is 0 Å². The number of urea groups is 1. The SMILES string of the molecule is O=C(NCCN1CCc2sccc2C1)NC1CCN(C2CC2)CC1. The molecule has 3 heterocycles. The lowest BCUT2D eigenvalue weighted by molar-refractivity contribution is 0.185. The summed E-state index contributed by atoms with van der Waals surface area (Å²) in [5.74, 6) is 0. The number of hydrogen-bond acceptors (Lipinski definition) is 4. The summed E-state index contributed by atoms with van der Waals surface area (Å²) in [5, 5.41) is 8.38. The van der Waals surface area contributed by atoms with Crippen LogP contribution in [0, 0.1) is 0 Å². The fraction of sp³-hybridized carbons (Fsp3) is 0.722. The van der Waals surface area contributed by atoms with Gasteiger partial charge in [0.2, 0.25) is 0 Å². The second-order valence-corrected chi connectivity index (χ2v) is 8.34. The highest BCUT2D eigenvalue weighted by molar-refractivity contribution is 7.10. The van der Waals surface area contributed by atoms with Crippen molar-refractivity contribution in [3.05, 3.63) is 21.9 Å². The van der Waals surface area contributed by atoms with Gasteiger partial charge in [0.1, 0.15) is 0 Å². The summed E-state index contributed by atoms with van der Waals surface area (Å²) < 4.78 is 0. The number of rotatable bonds is 5. The molecule has 0 bridgehead atoms. The summed E-state index contributed by atoms with van der Waals surface area (Å²) in [6.07, 6.45) is 6.09. The Morgan fingerprint density at radius 2 is 2.04 bits per heavy atom. The van der Waals surface area contributed by atoms with Gasteiger partial charge in [-0.1, -0.05) is 0 Å². The molecule has 24 heavy (non-hydrogen) atoms. The quantitative estimate of drug-likeness (QED) is 0.856. The van der Waals surface area contributed by atoms with Crippen molar-refractivity contribution in [1.82, 2.24) is 20.4 Å². The molecule has 5 nitrogen and oxygen atoms in total. The summed E-state index contributed by atoms with van der Waals surface area (Å²) in [6, 6.07) is 3.45. The lowest BCUT2D eigenvalue weighted by Crippen LogP contribution is -2.49. The molecule has 4 rings (SSSR count). The first-order valence-corrected chi connectivity index (χ1v) is 10.2. The Labute approximate surface area is 148 Å². The Kier molecular flexibility index (Phi) is 5.06. The van der Waals surface area contributed by atoms with Crippen LogP contribution in [0.5, 0.6) is 0 Å². The van der Waals surface area contributed by atoms with Crippen LogP contribution < -0.4 is 10.6 Å². The van der Waals surface area contributed by atoms with E-state index in [1.165, 1.54) is 23.3 Å². The van der Waals surface area contributed by atoms with E-state index >= 15 is 0 Å². The minimum Gasteiger partial charge on any atom is -0.337 e. The number of carbonyl (C=O) groups excluding carboxylic acids is 1.